The molecule has 134 valence electrons. The van der Waals surface area contributed by atoms with E-state index in [1.54, 1.807) is 7.11 Å². The minimum Gasteiger partial charge on any atom is -0.497 e. The van der Waals surface area contributed by atoms with E-state index >= 15 is 0 Å². The summed E-state index contributed by atoms with van der Waals surface area (Å²) in [4.78, 5) is 17.2. The molecule has 1 aliphatic heterocycles. The molecule has 3 rings (SSSR count). The van der Waals surface area contributed by atoms with Crippen molar-refractivity contribution in [3.8, 4) is 5.75 Å². The summed E-state index contributed by atoms with van der Waals surface area (Å²) in [6.07, 6.45) is 0. The second kappa shape index (κ2) is 8.88. The van der Waals surface area contributed by atoms with E-state index in [0.29, 0.717) is 0 Å². The second-order valence-electron chi connectivity index (χ2n) is 6.13. The second-order valence-corrected chi connectivity index (χ2v) is 6.13. The van der Waals surface area contributed by atoms with Crippen LogP contribution in [-0.4, -0.2) is 50.0 Å². The average Bonchev–Trinajstić information content (AvgIpc) is 2.67. The Morgan fingerprint density at radius 1 is 1.00 bits per heavy atom. The molecule has 1 unspecified atom stereocenters. The Morgan fingerprint density at radius 3 is 2.32 bits per heavy atom. The van der Waals surface area contributed by atoms with Crippen LogP contribution in [0.4, 0.5) is 5.69 Å². The monoisotopic (exact) mass is 360 g/mol. The number of nitrogens with zero attached hydrogens (tertiary/aromatic N) is 2. The van der Waals surface area contributed by atoms with Crippen LogP contribution in [0.25, 0.3) is 0 Å². The lowest BCUT2D eigenvalue weighted by Gasteiger charge is -2.38. The van der Waals surface area contributed by atoms with Gasteiger partial charge in [0, 0.05) is 43.5 Å². The summed E-state index contributed by atoms with van der Waals surface area (Å²) in [7, 11) is 1.69. The smallest absolute Gasteiger partial charge is 0.179 e. The number of methoxy groups -OCH3 is 1. The molecule has 1 fully saturated rings. The number of hydrogen-bond acceptors (Lipinski definition) is 4. The maximum atomic E-state index is 12.6. The van der Waals surface area contributed by atoms with E-state index in [2.05, 4.69) is 21.9 Å². The van der Waals surface area contributed by atoms with Gasteiger partial charge >= 0.3 is 0 Å². The number of anilines is 1. The minimum absolute atomic E-state index is 0. The molecule has 0 amide bonds. The number of hydrogen-bond donors (Lipinski definition) is 0. The average molecular weight is 361 g/mol. The lowest BCUT2D eigenvalue weighted by molar-refractivity contribution is 0.0830. The molecule has 5 heteroatoms. The summed E-state index contributed by atoms with van der Waals surface area (Å²) in [5.74, 6) is 1.08. The van der Waals surface area contributed by atoms with Gasteiger partial charge in [-0.15, -0.1) is 12.4 Å². The maximum Gasteiger partial charge on any atom is 0.179 e. The zero-order chi connectivity index (χ0) is 16.9. The zero-order valence-corrected chi connectivity index (χ0v) is 15.5. The Morgan fingerprint density at radius 2 is 1.68 bits per heavy atom. The molecule has 1 heterocycles. The Bertz CT molecular complexity index is 685. The molecule has 0 radical (unpaired) electrons. The molecule has 25 heavy (non-hydrogen) atoms. The van der Waals surface area contributed by atoms with E-state index in [0.717, 1.165) is 37.5 Å². The molecular formula is C20H25ClN2O2. The van der Waals surface area contributed by atoms with Crippen LogP contribution in [0.15, 0.2) is 54.6 Å². The first-order chi connectivity index (χ1) is 11.7. The fraction of sp³-hybridized carbons (Fsp3) is 0.350. The summed E-state index contributed by atoms with van der Waals surface area (Å²) in [6, 6.07) is 17.6. The molecule has 0 N–H and O–H groups in total. The van der Waals surface area contributed by atoms with Crippen LogP contribution >= 0.6 is 12.4 Å². The topological polar surface area (TPSA) is 32.8 Å². The predicted molar refractivity (Wildman–Crippen MR) is 104 cm³/mol. The van der Waals surface area contributed by atoms with E-state index in [4.69, 9.17) is 4.74 Å². The van der Waals surface area contributed by atoms with Crippen molar-refractivity contribution in [2.24, 2.45) is 0 Å². The normalized spacial score (nSPS) is 16.0. The number of benzene rings is 2. The number of halogens is 1. The summed E-state index contributed by atoms with van der Waals surface area (Å²) < 4.78 is 5.30. The highest BCUT2D eigenvalue weighted by molar-refractivity contribution is 5.99. The summed E-state index contributed by atoms with van der Waals surface area (Å²) in [5.41, 5.74) is 1.97. The number of ether oxygens (including phenoxy) is 1. The highest BCUT2D eigenvalue weighted by atomic mass is 35.5. The predicted octanol–water partition coefficient (Wildman–Crippen LogP) is 3.51. The van der Waals surface area contributed by atoms with Crippen molar-refractivity contribution in [3.05, 3.63) is 60.2 Å². The van der Waals surface area contributed by atoms with Crippen molar-refractivity contribution >= 4 is 23.9 Å². The summed E-state index contributed by atoms with van der Waals surface area (Å²) in [6.45, 7) is 5.61. The van der Waals surface area contributed by atoms with Crippen LogP contribution in [0, 0.1) is 0 Å². The molecule has 0 aliphatic carbocycles. The fourth-order valence-electron chi connectivity index (χ4n) is 3.18. The van der Waals surface area contributed by atoms with Gasteiger partial charge in [0.1, 0.15) is 5.75 Å². The largest absolute Gasteiger partial charge is 0.497 e. The Balaban J connectivity index is 0.00000225. The minimum atomic E-state index is -0.0835. The molecule has 4 nitrogen and oxygen atoms in total. The number of Topliss-reactive ketones (excluding diaryl/α,β-unsaturated/α-hetero) is 1. The molecule has 0 aromatic heterocycles. The van der Waals surface area contributed by atoms with Gasteiger partial charge in [0.15, 0.2) is 5.78 Å². The van der Waals surface area contributed by atoms with Gasteiger partial charge in [-0.05, 0) is 19.1 Å². The van der Waals surface area contributed by atoms with E-state index in [-0.39, 0.29) is 24.2 Å². The number of piperazine rings is 1. The van der Waals surface area contributed by atoms with Gasteiger partial charge in [-0.3, -0.25) is 9.69 Å². The molecule has 0 saturated carbocycles. The van der Waals surface area contributed by atoms with Gasteiger partial charge in [0.05, 0.1) is 13.2 Å². The highest BCUT2D eigenvalue weighted by Gasteiger charge is 2.26. The quantitative estimate of drug-likeness (QED) is 0.764. The first-order valence-electron chi connectivity index (χ1n) is 8.41. The number of ketones is 1. The molecule has 2 aromatic carbocycles. The third-order valence-electron chi connectivity index (χ3n) is 4.72. The first-order valence-corrected chi connectivity index (χ1v) is 8.41. The van der Waals surface area contributed by atoms with E-state index in [1.807, 2.05) is 49.4 Å². The molecule has 1 atom stereocenters. The third-order valence-corrected chi connectivity index (χ3v) is 4.72. The lowest BCUT2D eigenvalue weighted by atomic mass is 10.0. The van der Waals surface area contributed by atoms with E-state index in [1.165, 1.54) is 5.69 Å². The molecule has 0 bridgehead atoms. The van der Waals surface area contributed by atoms with Crippen molar-refractivity contribution in [3.63, 3.8) is 0 Å². The Labute approximate surface area is 155 Å². The number of rotatable bonds is 5. The molecule has 0 spiro atoms. The molecular weight excluding hydrogens is 336 g/mol. The fourth-order valence-corrected chi connectivity index (χ4v) is 3.18. The van der Waals surface area contributed by atoms with Gasteiger partial charge in [0.25, 0.3) is 0 Å². The third kappa shape index (κ3) is 4.53. The van der Waals surface area contributed by atoms with Gasteiger partial charge < -0.3 is 9.64 Å². The highest BCUT2D eigenvalue weighted by Crippen LogP contribution is 2.23. The van der Waals surface area contributed by atoms with Gasteiger partial charge in [-0.25, -0.2) is 0 Å². The molecule has 1 saturated heterocycles. The van der Waals surface area contributed by atoms with Crippen LogP contribution in [0.1, 0.15) is 17.3 Å². The van der Waals surface area contributed by atoms with Crippen molar-refractivity contribution in [2.45, 2.75) is 13.0 Å². The van der Waals surface area contributed by atoms with Crippen molar-refractivity contribution < 1.29 is 9.53 Å². The molecule has 1 aliphatic rings. The van der Waals surface area contributed by atoms with Crippen LogP contribution in [0.3, 0.4) is 0 Å². The van der Waals surface area contributed by atoms with Crippen LogP contribution in [-0.2, 0) is 0 Å². The van der Waals surface area contributed by atoms with Crippen molar-refractivity contribution in [2.75, 3.05) is 38.2 Å². The van der Waals surface area contributed by atoms with Gasteiger partial charge in [-0.1, -0.05) is 36.4 Å². The summed E-state index contributed by atoms with van der Waals surface area (Å²) in [5, 5.41) is 0. The number of carbonyl (C=O) groups excluding carboxylic acids is 1. The first kappa shape index (κ1) is 19.3. The Hall–Kier alpha value is -2.04. The maximum absolute atomic E-state index is 12.6. The number of carbonyl (C=O) groups is 1. The van der Waals surface area contributed by atoms with E-state index in [9.17, 15) is 4.79 Å². The standard InChI is InChI=1S/C20H24N2O2.ClH/c1-16(20(23)17-7-4-3-5-8-17)21-11-13-22(14-12-21)18-9-6-10-19(15-18)24-2;/h3-10,15-16H,11-14H2,1-2H3;1H. The summed E-state index contributed by atoms with van der Waals surface area (Å²) >= 11 is 0. The van der Waals surface area contributed by atoms with Gasteiger partial charge in [0.2, 0.25) is 0 Å². The van der Waals surface area contributed by atoms with E-state index < -0.39 is 0 Å². The molecule has 2 aromatic rings. The van der Waals surface area contributed by atoms with Crippen molar-refractivity contribution in [1.29, 1.82) is 0 Å². The van der Waals surface area contributed by atoms with Crippen LogP contribution < -0.4 is 9.64 Å². The lowest BCUT2D eigenvalue weighted by Crippen LogP contribution is -2.51. The zero-order valence-electron chi connectivity index (χ0n) is 14.7. The van der Waals surface area contributed by atoms with Crippen molar-refractivity contribution in [1.82, 2.24) is 4.90 Å². The Kier molecular flexibility index (Phi) is 6.85. The van der Waals surface area contributed by atoms with Crippen LogP contribution in [0.2, 0.25) is 0 Å². The van der Waals surface area contributed by atoms with Crippen LogP contribution in [0.5, 0.6) is 5.75 Å². The van der Waals surface area contributed by atoms with Gasteiger partial charge in [-0.2, -0.15) is 0 Å². The SMILES string of the molecule is COc1cccc(N2CCN(C(C)C(=O)c3ccccc3)CC2)c1.Cl.